The lowest BCUT2D eigenvalue weighted by atomic mass is 10.2. The predicted molar refractivity (Wildman–Crippen MR) is 57.3 cm³/mol. The van der Waals surface area contributed by atoms with Gasteiger partial charge in [0.25, 0.3) is 0 Å². The van der Waals surface area contributed by atoms with Gasteiger partial charge in [0.05, 0.1) is 6.26 Å². The fourth-order valence-corrected chi connectivity index (χ4v) is 1.41. The van der Waals surface area contributed by atoms with Crippen LogP contribution >= 0.6 is 0 Å². The summed E-state index contributed by atoms with van der Waals surface area (Å²) in [5.74, 6) is -1.46. The molecule has 1 aromatic heterocycles. The van der Waals surface area contributed by atoms with Gasteiger partial charge >= 0.3 is 0 Å². The normalized spacial score (nSPS) is 10.5. The molecule has 0 spiro atoms. The minimum absolute atomic E-state index is 0.0250. The molecule has 2 rings (SSSR count). The maximum atomic E-state index is 13.5. The van der Waals surface area contributed by atoms with Gasteiger partial charge in [-0.1, -0.05) is 0 Å². The first-order chi connectivity index (χ1) is 8.20. The van der Waals surface area contributed by atoms with E-state index in [1.165, 1.54) is 6.26 Å². The van der Waals surface area contributed by atoms with Crippen molar-refractivity contribution in [3.05, 3.63) is 53.5 Å². The Morgan fingerprint density at radius 3 is 2.47 bits per heavy atom. The van der Waals surface area contributed by atoms with Gasteiger partial charge in [0, 0.05) is 6.54 Å². The smallest absolute Gasteiger partial charge is 0.191 e. The topological polar surface area (TPSA) is 48.4 Å². The molecule has 0 aliphatic carbocycles. The summed E-state index contributed by atoms with van der Waals surface area (Å²) < 4.78 is 37.0. The van der Waals surface area contributed by atoms with E-state index in [-0.39, 0.29) is 13.2 Å². The highest BCUT2D eigenvalue weighted by atomic mass is 19.1. The first kappa shape index (κ1) is 11.6. The molecule has 0 radical (unpaired) electrons. The van der Waals surface area contributed by atoms with Crippen molar-refractivity contribution in [3.8, 4) is 5.75 Å². The highest BCUT2D eigenvalue weighted by Gasteiger charge is 2.12. The summed E-state index contributed by atoms with van der Waals surface area (Å²) in [6.07, 6.45) is 1.46. The molecule has 5 heteroatoms. The minimum Gasteiger partial charge on any atom is -0.480 e. The molecule has 0 bridgehead atoms. The van der Waals surface area contributed by atoms with E-state index < -0.39 is 17.4 Å². The highest BCUT2D eigenvalue weighted by molar-refractivity contribution is 5.31. The molecule has 0 aliphatic rings. The molecule has 2 N–H and O–H groups in total. The summed E-state index contributed by atoms with van der Waals surface area (Å²) >= 11 is 0. The lowest BCUT2D eigenvalue weighted by Gasteiger charge is -2.08. The molecule has 17 heavy (non-hydrogen) atoms. The third kappa shape index (κ3) is 2.62. The van der Waals surface area contributed by atoms with Crippen molar-refractivity contribution >= 4 is 0 Å². The van der Waals surface area contributed by atoms with Crippen molar-refractivity contribution in [2.24, 2.45) is 5.73 Å². The zero-order valence-corrected chi connectivity index (χ0v) is 8.95. The van der Waals surface area contributed by atoms with Crippen LogP contribution in [0.2, 0.25) is 0 Å². The predicted octanol–water partition coefficient (Wildman–Crippen LogP) is 2.60. The maximum Gasteiger partial charge on any atom is 0.191 e. The van der Waals surface area contributed by atoms with E-state index >= 15 is 0 Å². The summed E-state index contributed by atoms with van der Waals surface area (Å²) in [5, 5.41) is 0. The Morgan fingerprint density at radius 2 is 1.94 bits per heavy atom. The third-order valence-electron chi connectivity index (χ3n) is 2.23. The molecule has 1 heterocycles. The second-order valence-electron chi connectivity index (χ2n) is 3.46. The van der Waals surface area contributed by atoms with Crippen molar-refractivity contribution in [2.45, 2.75) is 13.2 Å². The molecule has 0 fully saturated rings. The van der Waals surface area contributed by atoms with Crippen molar-refractivity contribution in [1.29, 1.82) is 0 Å². The Labute approximate surface area is 96.8 Å². The summed E-state index contributed by atoms with van der Waals surface area (Å²) in [4.78, 5) is 0. The van der Waals surface area contributed by atoms with E-state index in [0.717, 1.165) is 12.1 Å². The molecule has 2 aromatic rings. The Hall–Kier alpha value is -1.88. The number of hydrogen-bond donors (Lipinski definition) is 1. The molecule has 3 nitrogen and oxygen atoms in total. The van der Waals surface area contributed by atoms with Crippen LogP contribution in [0, 0.1) is 11.6 Å². The largest absolute Gasteiger partial charge is 0.480 e. The van der Waals surface area contributed by atoms with Gasteiger partial charge in [0.15, 0.2) is 17.4 Å². The van der Waals surface area contributed by atoms with Crippen LogP contribution in [-0.4, -0.2) is 0 Å². The molecule has 90 valence electrons. The number of rotatable bonds is 4. The molecule has 0 saturated heterocycles. The van der Waals surface area contributed by atoms with Gasteiger partial charge in [-0.05, 0) is 29.8 Å². The van der Waals surface area contributed by atoms with Crippen LogP contribution in [0.3, 0.4) is 0 Å². The van der Waals surface area contributed by atoms with Gasteiger partial charge in [0.2, 0.25) is 0 Å². The standard InChI is InChI=1S/C12H11F2NO2/c13-10-4-8(6-15)5-11(14)12(10)17-7-9-2-1-3-16-9/h1-5H,6-7,15H2. The van der Waals surface area contributed by atoms with Crippen LogP contribution in [0.15, 0.2) is 34.9 Å². The van der Waals surface area contributed by atoms with Gasteiger partial charge in [0.1, 0.15) is 12.4 Å². The number of nitrogens with two attached hydrogens (primary N) is 1. The first-order valence-corrected chi connectivity index (χ1v) is 5.04. The minimum atomic E-state index is -0.767. The number of ether oxygens (including phenoxy) is 1. The SMILES string of the molecule is NCc1cc(F)c(OCc2ccco2)c(F)c1. The molecule has 1 aromatic carbocycles. The fraction of sp³-hybridized carbons (Fsp3) is 0.167. The van der Waals surface area contributed by atoms with Crippen LogP contribution < -0.4 is 10.5 Å². The Kier molecular flexibility index (Phi) is 3.39. The van der Waals surface area contributed by atoms with Gasteiger partial charge in [-0.2, -0.15) is 0 Å². The number of halogens is 2. The van der Waals surface area contributed by atoms with Crippen molar-refractivity contribution < 1.29 is 17.9 Å². The van der Waals surface area contributed by atoms with Gasteiger partial charge in [-0.3, -0.25) is 0 Å². The van der Waals surface area contributed by atoms with E-state index in [9.17, 15) is 8.78 Å². The maximum absolute atomic E-state index is 13.5. The van der Waals surface area contributed by atoms with E-state index in [1.807, 2.05) is 0 Å². The molecule has 0 atom stereocenters. The zero-order valence-electron chi connectivity index (χ0n) is 8.95. The summed E-state index contributed by atoms with van der Waals surface area (Å²) in [6, 6.07) is 5.63. The number of furan rings is 1. The van der Waals surface area contributed by atoms with Crippen molar-refractivity contribution in [1.82, 2.24) is 0 Å². The van der Waals surface area contributed by atoms with Crippen LogP contribution in [0.5, 0.6) is 5.75 Å². The van der Waals surface area contributed by atoms with Crippen molar-refractivity contribution in [2.75, 3.05) is 0 Å². The Morgan fingerprint density at radius 1 is 1.24 bits per heavy atom. The van der Waals surface area contributed by atoms with Gasteiger partial charge < -0.3 is 14.9 Å². The Balaban J connectivity index is 2.15. The average molecular weight is 239 g/mol. The summed E-state index contributed by atoms with van der Waals surface area (Å²) in [5.41, 5.74) is 5.68. The fourth-order valence-electron chi connectivity index (χ4n) is 1.41. The van der Waals surface area contributed by atoms with Crippen LogP contribution in [0.25, 0.3) is 0 Å². The molecular formula is C12H11F2NO2. The second-order valence-corrected chi connectivity index (χ2v) is 3.46. The monoisotopic (exact) mass is 239 g/mol. The average Bonchev–Trinajstić information content (AvgIpc) is 2.80. The Bertz CT molecular complexity index is 474. The van der Waals surface area contributed by atoms with E-state index in [2.05, 4.69) is 0 Å². The van der Waals surface area contributed by atoms with E-state index in [4.69, 9.17) is 14.9 Å². The van der Waals surface area contributed by atoms with Gasteiger partial charge in [-0.15, -0.1) is 0 Å². The van der Waals surface area contributed by atoms with Gasteiger partial charge in [-0.25, -0.2) is 8.78 Å². The summed E-state index contributed by atoms with van der Waals surface area (Å²) in [6.45, 7) is 0.0507. The highest BCUT2D eigenvalue weighted by Crippen LogP contribution is 2.24. The molecule has 0 unspecified atom stereocenters. The molecular weight excluding hydrogens is 228 g/mol. The second kappa shape index (κ2) is 4.97. The quantitative estimate of drug-likeness (QED) is 0.892. The molecule has 0 saturated carbocycles. The first-order valence-electron chi connectivity index (χ1n) is 5.04. The number of benzene rings is 1. The number of hydrogen-bond acceptors (Lipinski definition) is 3. The lowest BCUT2D eigenvalue weighted by Crippen LogP contribution is -2.03. The van der Waals surface area contributed by atoms with Crippen LogP contribution in [-0.2, 0) is 13.2 Å². The van der Waals surface area contributed by atoms with Crippen molar-refractivity contribution in [3.63, 3.8) is 0 Å². The molecule has 0 amide bonds. The molecule has 0 aliphatic heterocycles. The van der Waals surface area contributed by atoms with E-state index in [0.29, 0.717) is 11.3 Å². The zero-order chi connectivity index (χ0) is 12.3. The lowest BCUT2D eigenvalue weighted by molar-refractivity contribution is 0.246. The van der Waals surface area contributed by atoms with Crippen LogP contribution in [0.4, 0.5) is 8.78 Å². The third-order valence-corrected chi connectivity index (χ3v) is 2.23. The summed E-state index contributed by atoms with van der Waals surface area (Å²) in [7, 11) is 0. The van der Waals surface area contributed by atoms with E-state index in [1.54, 1.807) is 12.1 Å². The van der Waals surface area contributed by atoms with Crippen LogP contribution in [0.1, 0.15) is 11.3 Å².